The van der Waals surface area contributed by atoms with Crippen molar-refractivity contribution in [3.8, 4) is 5.75 Å². The molecule has 3 aromatic heterocycles. The topological polar surface area (TPSA) is 86.3 Å². The molecule has 0 atom stereocenters. The number of carbonyl (C=O) groups excluding carboxylic acids is 1. The van der Waals surface area contributed by atoms with Crippen molar-refractivity contribution in [1.82, 2.24) is 24.4 Å². The zero-order valence-corrected chi connectivity index (χ0v) is 18.4. The third kappa shape index (κ3) is 4.31. The number of benzene rings is 1. The van der Waals surface area contributed by atoms with E-state index in [1.54, 1.807) is 18.0 Å². The molecule has 0 fully saturated rings. The Bertz CT molecular complexity index is 1310. The second kappa shape index (κ2) is 8.26. The smallest absolute Gasteiger partial charge is 0.433 e. The van der Waals surface area contributed by atoms with Gasteiger partial charge in [0.2, 0.25) is 0 Å². The van der Waals surface area contributed by atoms with Crippen molar-refractivity contribution >= 4 is 33.2 Å². The summed E-state index contributed by atoms with van der Waals surface area (Å²) >= 11 is 3.16. The third-order valence-electron chi connectivity index (χ3n) is 4.54. The van der Waals surface area contributed by atoms with E-state index in [-0.39, 0.29) is 21.5 Å². The molecule has 166 valence electrons. The average molecular weight is 509 g/mol. The van der Waals surface area contributed by atoms with E-state index in [2.05, 4.69) is 36.4 Å². The van der Waals surface area contributed by atoms with Crippen molar-refractivity contribution in [2.75, 3.05) is 12.4 Å². The predicted molar refractivity (Wildman–Crippen MR) is 113 cm³/mol. The summed E-state index contributed by atoms with van der Waals surface area (Å²) in [4.78, 5) is 16.8. The fraction of sp³-hybridized carbons (Fsp3) is 0.200. The second-order valence-electron chi connectivity index (χ2n) is 6.91. The number of anilines is 1. The number of aryl methyl sites for hydroxylation is 1. The largest absolute Gasteiger partial charge is 0.497 e. The van der Waals surface area contributed by atoms with Gasteiger partial charge in [0, 0.05) is 11.9 Å². The van der Waals surface area contributed by atoms with Gasteiger partial charge in [-0.05, 0) is 46.6 Å². The van der Waals surface area contributed by atoms with Crippen LogP contribution in [-0.2, 0) is 12.7 Å². The second-order valence-corrected chi connectivity index (χ2v) is 7.70. The first kappa shape index (κ1) is 21.8. The lowest BCUT2D eigenvalue weighted by Crippen LogP contribution is -2.15. The van der Waals surface area contributed by atoms with Gasteiger partial charge in [0.1, 0.15) is 11.4 Å². The lowest BCUT2D eigenvalue weighted by Gasteiger charge is -2.09. The predicted octanol–water partition coefficient (Wildman–Crippen LogP) is 4.32. The number of amides is 1. The highest BCUT2D eigenvalue weighted by molar-refractivity contribution is 9.10. The van der Waals surface area contributed by atoms with E-state index in [4.69, 9.17) is 4.74 Å². The Morgan fingerprint density at radius 3 is 2.78 bits per heavy atom. The SMILES string of the molecule is COc1cccc(Cn2cc(NC(=O)c3nn4c(C(F)(F)F)cc(C)nc4c3Br)cn2)c1. The van der Waals surface area contributed by atoms with Crippen molar-refractivity contribution in [2.45, 2.75) is 19.6 Å². The first-order valence-corrected chi connectivity index (χ1v) is 10.0. The molecule has 0 unspecified atom stereocenters. The Morgan fingerprint density at radius 2 is 2.06 bits per heavy atom. The summed E-state index contributed by atoms with van der Waals surface area (Å²) in [6.07, 6.45) is -1.62. The van der Waals surface area contributed by atoms with Gasteiger partial charge in [-0.2, -0.15) is 23.4 Å². The molecule has 4 aromatic rings. The van der Waals surface area contributed by atoms with E-state index in [9.17, 15) is 18.0 Å². The monoisotopic (exact) mass is 508 g/mol. The maximum atomic E-state index is 13.4. The van der Waals surface area contributed by atoms with Crippen LogP contribution in [0.25, 0.3) is 5.65 Å². The minimum absolute atomic E-state index is 0.0629. The molecule has 0 radical (unpaired) electrons. The van der Waals surface area contributed by atoms with Crippen molar-refractivity contribution in [1.29, 1.82) is 0 Å². The highest BCUT2D eigenvalue weighted by Gasteiger charge is 2.36. The zero-order chi connectivity index (χ0) is 23.0. The van der Waals surface area contributed by atoms with Gasteiger partial charge >= 0.3 is 6.18 Å². The number of aromatic nitrogens is 5. The number of methoxy groups -OCH3 is 1. The van der Waals surface area contributed by atoms with E-state index >= 15 is 0 Å². The van der Waals surface area contributed by atoms with E-state index in [0.717, 1.165) is 11.6 Å². The molecule has 32 heavy (non-hydrogen) atoms. The molecule has 0 aliphatic heterocycles. The number of hydrogen-bond acceptors (Lipinski definition) is 5. The van der Waals surface area contributed by atoms with Gasteiger partial charge in [-0.15, -0.1) is 0 Å². The van der Waals surface area contributed by atoms with Gasteiger partial charge in [-0.1, -0.05) is 12.1 Å². The standard InChI is InChI=1S/C20H16BrF3N6O2/c1-11-6-15(20(22,23)24)30-18(26-11)16(21)17(28-30)19(31)27-13-8-25-29(10-13)9-12-4-3-5-14(7-12)32-2/h3-8,10H,9H2,1-2H3,(H,27,31). The Hall–Kier alpha value is -3.41. The van der Waals surface area contributed by atoms with Crippen molar-refractivity contribution in [2.24, 2.45) is 0 Å². The first-order valence-electron chi connectivity index (χ1n) is 9.25. The van der Waals surface area contributed by atoms with E-state index in [0.29, 0.717) is 22.5 Å². The number of alkyl halides is 3. The highest BCUT2D eigenvalue weighted by Crippen LogP contribution is 2.32. The summed E-state index contributed by atoms with van der Waals surface area (Å²) in [6, 6.07) is 8.32. The Morgan fingerprint density at radius 1 is 1.28 bits per heavy atom. The van der Waals surface area contributed by atoms with Gasteiger partial charge in [0.15, 0.2) is 11.3 Å². The van der Waals surface area contributed by atoms with Crippen LogP contribution in [-0.4, -0.2) is 37.4 Å². The highest BCUT2D eigenvalue weighted by atomic mass is 79.9. The lowest BCUT2D eigenvalue weighted by molar-refractivity contribution is -0.142. The Kier molecular flexibility index (Phi) is 5.63. The van der Waals surface area contributed by atoms with Crippen LogP contribution < -0.4 is 10.1 Å². The third-order valence-corrected chi connectivity index (χ3v) is 5.27. The maximum Gasteiger partial charge on any atom is 0.433 e. The molecule has 0 aliphatic rings. The Labute approximate surface area is 188 Å². The van der Waals surface area contributed by atoms with Crippen molar-refractivity contribution in [3.05, 3.63) is 69.8 Å². The van der Waals surface area contributed by atoms with Crippen LogP contribution in [0, 0.1) is 6.92 Å². The van der Waals surface area contributed by atoms with Crippen LogP contribution in [0.2, 0.25) is 0 Å². The van der Waals surface area contributed by atoms with Gasteiger partial charge in [0.25, 0.3) is 5.91 Å². The summed E-state index contributed by atoms with van der Waals surface area (Å²) in [7, 11) is 1.58. The number of nitrogens with zero attached hydrogens (tertiary/aromatic N) is 5. The number of ether oxygens (including phenoxy) is 1. The quantitative estimate of drug-likeness (QED) is 0.433. The van der Waals surface area contributed by atoms with Crippen LogP contribution in [0.4, 0.5) is 18.9 Å². The van der Waals surface area contributed by atoms with Crippen LogP contribution in [0.5, 0.6) is 5.75 Å². The fourth-order valence-corrected chi connectivity index (χ4v) is 3.64. The van der Waals surface area contributed by atoms with Crippen molar-refractivity contribution in [3.63, 3.8) is 0 Å². The molecule has 8 nitrogen and oxygen atoms in total. The normalized spacial score (nSPS) is 11.7. The van der Waals surface area contributed by atoms with Gasteiger partial charge in [-0.25, -0.2) is 9.50 Å². The van der Waals surface area contributed by atoms with E-state index < -0.39 is 17.8 Å². The van der Waals surface area contributed by atoms with Crippen LogP contribution >= 0.6 is 15.9 Å². The van der Waals surface area contributed by atoms with Crippen LogP contribution in [0.3, 0.4) is 0 Å². The average Bonchev–Trinajstić information content (AvgIpc) is 3.31. The molecule has 1 aromatic carbocycles. The van der Waals surface area contributed by atoms with Crippen LogP contribution in [0.1, 0.15) is 27.4 Å². The molecule has 0 saturated carbocycles. The minimum Gasteiger partial charge on any atom is -0.497 e. The number of carbonyl (C=O) groups is 1. The number of rotatable bonds is 5. The molecule has 4 rings (SSSR count). The zero-order valence-electron chi connectivity index (χ0n) is 16.8. The number of fused-ring (bicyclic) bond motifs is 1. The molecular weight excluding hydrogens is 493 g/mol. The van der Waals surface area contributed by atoms with Gasteiger partial charge in [0.05, 0.1) is 30.0 Å². The molecule has 0 aliphatic carbocycles. The van der Waals surface area contributed by atoms with Crippen LogP contribution in [0.15, 0.2) is 47.2 Å². The molecule has 3 heterocycles. The van der Waals surface area contributed by atoms with Gasteiger partial charge < -0.3 is 10.1 Å². The fourth-order valence-electron chi connectivity index (χ4n) is 3.12. The summed E-state index contributed by atoms with van der Waals surface area (Å²) in [6.45, 7) is 1.87. The summed E-state index contributed by atoms with van der Waals surface area (Å²) in [5.41, 5.74) is 0.101. The van der Waals surface area contributed by atoms with E-state index in [1.165, 1.54) is 13.1 Å². The minimum atomic E-state index is -4.66. The number of halogens is 4. The number of nitrogens with one attached hydrogen (secondary N) is 1. The summed E-state index contributed by atoms with van der Waals surface area (Å²) in [5, 5.41) is 10.6. The molecular formula is C20H16BrF3N6O2. The molecule has 0 saturated heterocycles. The summed E-state index contributed by atoms with van der Waals surface area (Å²) < 4.78 is 47.7. The molecule has 1 amide bonds. The summed E-state index contributed by atoms with van der Waals surface area (Å²) in [5.74, 6) is 0.0102. The van der Waals surface area contributed by atoms with E-state index in [1.807, 2.05) is 24.3 Å². The molecule has 0 spiro atoms. The molecule has 12 heteroatoms. The molecule has 0 bridgehead atoms. The maximum absolute atomic E-state index is 13.4. The lowest BCUT2D eigenvalue weighted by atomic mass is 10.2. The van der Waals surface area contributed by atoms with Crippen molar-refractivity contribution < 1.29 is 22.7 Å². The molecule has 1 N–H and O–H groups in total. The first-order chi connectivity index (χ1) is 15.2. The van der Waals surface area contributed by atoms with Gasteiger partial charge in [-0.3, -0.25) is 9.48 Å². The Balaban J connectivity index is 1.58. The number of hydrogen-bond donors (Lipinski definition) is 1.